The highest BCUT2D eigenvalue weighted by Crippen LogP contribution is 2.21. The average Bonchev–Trinajstić information content (AvgIpc) is 2.74. The van der Waals surface area contributed by atoms with Crippen LogP contribution in [0.5, 0.6) is 0 Å². The third-order valence-electron chi connectivity index (χ3n) is 3.99. The van der Waals surface area contributed by atoms with Gasteiger partial charge in [0.25, 0.3) is 0 Å². The number of nitrogens with zero attached hydrogens (tertiary/aromatic N) is 1. The molecule has 6 heteroatoms. The maximum Gasteiger partial charge on any atom is 0.343 e. The summed E-state index contributed by atoms with van der Waals surface area (Å²) in [6.45, 7) is 3.81. The number of rotatable bonds is 9. The van der Waals surface area contributed by atoms with Crippen molar-refractivity contribution >= 4 is 23.8 Å². The first-order valence-electron chi connectivity index (χ1n) is 9.50. The minimum atomic E-state index is -0.629. The van der Waals surface area contributed by atoms with E-state index in [1.807, 2.05) is 13.0 Å². The molecule has 0 amide bonds. The van der Waals surface area contributed by atoms with Crippen molar-refractivity contribution in [1.82, 2.24) is 0 Å². The van der Waals surface area contributed by atoms with E-state index in [4.69, 9.17) is 9.47 Å². The van der Waals surface area contributed by atoms with Gasteiger partial charge in [-0.15, -0.1) is 0 Å². The first kappa shape index (κ1) is 21.9. The Hall–Kier alpha value is -3.41. The summed E-state index contributed by atoms with van der Waals surface area (Å²) < 4.78 is 10.4. The quantitative estimate of drug-likeness (QED) is 0.282. The molecule has 0 fully saturated rings. The van der Waals surface area contributed by atoms with Crippen LogP contribution in [-0.2, 0) is 20.9 Å². The van der Waals surface area contributed by atoms with Gasteiger partial charge >= 0.3 is 11.9 Å². The topological polar surface area (TPSA) is 85.2 Å². The van der Waals surface area contributed by atoms with Crippen LogP contribution in [0.25, 0.3) is 0 Å². The molecule has 0 bridgehead atoms. The Morgan fingerprint density at radius 2 is 1.69 bits per heavy atom. The molecule has 0 radical (unpaired) electrons. The van der Waals surface area contributed by atoms with Gasteiger partial charge in [-0.2, -0.15) is 0 Å². The van der Waals surface area contributed by atoms with E-state index < -0.39 is 11.9 Å². The highest BCUT2D eigenvalue weighted by Gasteiger charge is 2.15. The maximum atomic E-state index is 12.2. The van der Waals surface area contributed by atoms with E-state index in [1.54, 1.807) is 55.5 Å². The highest BCUT2D eigenvalue weighted by molar-refractivity contribution is 6.10. The number of carbonyl (C=O) groups is 2. The zero-order valence-corrected chi connectivity index (χ0v) is 16.6. The Bertz CT molecular complexity index is 887. The number of benzene rings is 2. The van der Waals surface area contributed by atoms with Gasteiger partial charge in [0.2, 0.25) is 0 Å². The SMILES string of the molecule is CCC/C(O)=C(/C=Nc1ccccc1COC(=O)c1ccccc1)C(=O)OCC. The summed E-state index contributed by atoms with van der Waals surface area (Å²) in [5.74, 6) is -1.13. The summed E-state index contributed by atoms with van der Waals surface area (Å²) in [6, 6.07) is 15.8. The van der Waals surface area contributed by atoms with E-state index in [2.05, 4.69) is 4.99 Å². The Kier molecular flexibility index (Phi) is 8.63. The van der Waals surface area contributed by atoms with Crippen LogP contribution >= 0.6 is 0 Å². The van der Waals surface area contributed by atoms with Gasteiger partial charge in [0.1, 0.15) is 17.9 Å². The third kappa shape index (κ3) is 6.60. The van der Waals surface area contributed by atoms with Crippen molar-refractivity contribution < 1.29 is 24.2 Å². The molecule has 152 valence electrons. The number of aliphatic imine (C=N–C) groups is 1. The van der Waals surface area contributed by atoms with Gasteiger partial charge in [0.05, 0.1) is 17.9 Å². The number of hydrogen-bond donors (Lipinski definition) is 1. The molecule has 0 atom stereocenters. The molecule has 0 aliphatic carbocycles. The fourth-order valence-electron chi connectivity index (χ4n) is 2.52. The largest absolute Gasteiger partial charge is 0.511 e. The molecule has 2 rings (SSSR count). The second-order valence-electron chi connectivity index (χ2n) is 6.16. The predicted octanol–water partition coefficient (Wildman–Crippen LogP) is 4.92. The number of hydrogen-bond acceptors (Lipinski definition) is 6. The van der Waals surface area contributed by atoms with Gasteiger partial charge in [-0.25, -0.2) is 9.59 Å². The minimum Gasteiger partial charge on any atom is -0.511 e. The lowest BCUT2D eigenvalue weighted by atomic mass is 10.1. The van der Waals surface area contributed by atoms with Crippen LogP contribution in [0, 0.1) is 0 Å². The molecular formula is C23H25NO5. The number of aliphatic hydroxyl groups excluding tert-OH is 1. The molecule has 0 spiro atoms. The second kappa shape index (κ2) is 11.4. The van der Waals surface area contributed by atoms with Crippen LogP contribution in [-0.4, -0.2) is 29.9 Å². The summed E-state index contributed by atoms with van der Waals surface area (Å²) in [6.07, 6.45) is 2.31. The molecule has 1 N–H and O–H groups in total. The molecule has 29 heavy (non-hydrogen) atoms. The fraction of sp³-hybridized carbons (Fsp3) is 0.261. The monoisotopic (exact) mass is 395 g/mol. The summed E-state index contributed by atoms with van der Waals surface area (Å²) in [7, 11) is 0. The number of aliphatic hydroxyl groups is 1. The van der Waals surface area contributed by atoms with E-state index in [9.17, 15) is 14.7 Å². The molecule has 0 heterocycles. The van der Waals surface area contributed by atoms with Crippen molar-refractivity contribution in [2.75, 3.05) is 6.61 Å². The fourth-order valence-corrected chi connectivity index (χ4v) is 2.52. The van der Waals surface area contributed by atoms with Crippen LogP contribution in [0.1, 0.15) is 42.6 Å². The molecule has 0 saturated carbocycles. The molecule has 6 nitrogen and oxygen atoms in total. The van der Waals surface area contributed by atoms with Crippen molar-refractivity contribution in [3.63, 3.8) is 0 Å². The Balaban J connectivity index is 2.19. The zero-order valence-electron chi connectivity index (χ0n) is 16.6. The summed E-state index contributed by atoms with van der Waals surface area (Å²) in [5.41, 5.74) is 1.68. The van der Waals surface area contributed by atoms with Gasteiger partial charge in [0, 0.05) is 18.2 Å². The van der Waals surface area contributed by atoms with Gasteiger partial charge in [-0.3, -0.25) is 4.99 Å². The van der Waals surface area contributed by atoms with E-state index in [0.29, 0.717) is 29.7 Å². The number of esters is 2. The molecule has 0 aliphatic heterocycles. The molecule has 0 saturated heterocycles. The number of allylic oxidation sites excluding steroid dienone is 1. The second-order valence-corrected chi connectivity index (χ2v) is 6.16. The van der Waals surface area contributed by atoms with Gasteiger partial charge in [0.15, 0.2) is 0 Å². The maximum absolute atomic E-state index is 12.2. The summed E-state index contributed by atoms with van der Waals surface area (Å²) in [4.78, 5) is 28.6. The molecule has 2 aromatic rings. The van der Waals surface area contributed by atoms with Crippen LogP contribution in [0.2, 0.25) is 0 Å². The summed E-state index contributed by atoms with van der Waals surface area (Å²) in [5, 5.41) is 10.2. The summed E-state index contributed by atoms with van der Waals surface area (Å²) >= 11 is 0. The lowest BCUT2D eigenvalue weighted by Crippen LogP contribution is -2.11. The highest BCUT2D eigenvalue weighted by atomic mass is 16.5. The van der Waals surface area contributed by atoms with Gasteiger partial charge in [-0.05, 0) is 31.5 Å². The molecule has 2 aromatic carbocycles. The molecule has 0 unspecified atom stereocenters. The van der Waals surface area contributed by atoms with Crippen LogP contribution in [0.3, 0.4) is 0 Å². The van der Waals surface area contributed by atoms with Gasteiger partial charge in [-0.1, -0.05) is 43.3 Å². The number of ether oxygens (including phenoxy) is 2. The van der Waals surface area contributed by atoms with Crippen LogP contribution < -0.4 is 0 Å². The average molecular weight is 395 g/mol. The van der Waals surface area contributed by atoms with E-state index >= 15 is 0 Å². The van der Waals surface area contributed by atoms with Crippen LogP contribution in [0.15, 0.2) is 70.9 Å². The van der Waals surface area contributed by atoms with Crippen LogP contribution in [0.4, 0.5) is 5.69 Å². The number of carbonyl (C=O) groups excluding carboxylic acids is 2. The Morgan fingerprint density at radius 3 is 2.38 bits per heavy atom. The number of para-hydroxylation sites is 1. The standard InChI is InChI=1S/C23H25NO5/c1-3-10-21(25)19(23(27)28-4-2)15-24-20-14-9-8-13-18(20)16-29-22(26)17-11-6-5-7-12-17/h5-9,11-15,25H,3-4,10,16H2,1-2H3/b21-19+,24-15?. The lowest BCUT2D eigenvalue weighted by molar-refractivity contribution is -0.138. The zero-order chi connectivity index (χ0) is 21.1. The normalized spacial score (nSPS) is 11.8. The lowest BCUT2D eigenvalue weighted by Gasteiger charge is -2.08. The van der Waals surface area contributed by atoms with Crippen molar-refractivity contribution in [3.05, 3.63) is 77.1 Å². The first-order chi connectivity index (χ1) is 14.1. The van der Waals surface area contributed by atoms with Crippen molar-refractivity contribution in [3.8, 4) is 0 Å². The van der Waals surface area contributed by atoms with E-state index in [1.165, 1.54) is 6.21 Å². The van der Waals surface area contributed by atoms with Crippen molar-refractivity contribution in [2.45, 2.75) is 33.3 Å². The van der Waals surface area contributed by atoms with Gasteiger partial charge < -0.3 is 14.6 Å². The van der Waals surface area contributed by atoms with E-state index in [-0.39, 0.29) is 24.5 Å². The predicted molar refractivity (Wildman–Crippen MR) is 111 cm³/mol. The van der Waals surface area contributed by atoms with E-state index in [0.717, 1.165) is 0 Å². The minimum absolute atomic E-state index is 0.0183. The Morgan fingerprint density at radius 1 is 1.00 bits per heavy atom. The van der Waals surface area contributed by atoms with Crippen molar-refractivity contribution in [2.24, 2.45) is 4.99 Å². The molecule has 0 aliphatic rings. The molecular weight excluding hydrogens is 370 g/mol. The third-order valence-corrected chi connectivity index (χ3v) is 3.99. The Labute approximate surface area is 170 Å². The first-order valence-corrected chi connectivity index (χ1v) is 9.50. The molecule has 0 aromatic heterocycles. The van der Waals surface area contributed by atoms with Crippen molar-refractivity contribution in [1.29, 1.82) is 0 Å². The smallest absolute Gasteiger partial charge is 0.343 e.